The fourth-order valence-corrected chi connectivity index (χ4v) is 3.87. The van der Waals surface area contributed by atoms with Gasteiger partial charge in [0, 0.05) is 38.4 Å². The van der Waals surface area contributed by atoms with E-state index in [1.165, 1.54) is 16.8 Å². The van der Waals surface area contributed by atoms with E-state index in [1.807, 2.05) is 0 Å². The lowest BCUT2D eigenvalue weighted by Crippen LogP contribution is -2.49. The Morgan fingerprint density at radius 3 is 2.07 bits per heavy atom. The van der Waals surface area contributed by atoms with Crippen LogP contribution in [-0.4, -0.2) is 55.4 Å². The maximum atomic E-state index is 10.4. The van der Waals surface area contributed by atoms with Crippen LogP contribution in [0.3, 0.4) is 0 Å². The molecule has 1 saturated heterocycles. The lowest BCUT2D eigenvalue weighted by molar-refractivity contribution is 0.0658. The van der Waals surface area contributed by atoms with Crippen LogP contribution in [0.1, 0.15) is 22.3 Å². The highest BCUT2D eigenvalue weighted by Crippen LogP contribution is 2.24. The van der Waals surface area contributed by atoms with Crippen LogP contribution in [0.4, 0.5) is 5.69 Å². The SMILES string of the molecule is Cc1ccc(N2CCN(C[C@H](O)COc3c(C)cc(C)cc3C)CC2)cc1. The topological polar surface area (TPSA) is 35.9 Å². The van der Waals surface area contributed by atoms with Crippen LogP contribution in [0.15, 0.2) is 36.4 Å². The Morgan fingerprint density at radius 2 is 1.48 bits per heavy atom. The number of hydrogen-bond donors (Lipinski definition) is 1. The molecule has 0 saturated carbocycles. The summed E-state index contributed by atoms with van der Waals surface area (Å²) in [4.78, 5) is 4.74. The molecule has 27 heavy (non-hydrogen) atoms. The molecule has 2 aromatic carbocycles. The maximum absolute atomic E-state index is 10.4. The van der Waals surface area contributed by atoms with Crippen molar-refractivity contribution in [3.63, 3.8) is 0 Å². The average Bonchev–Trinajstić information content (AvgIpc) is 2.62. The third-order valence-electron chi connectivity index (χ3n) is 5.27. The molecule has 1 N–H and O–H groups in total. The molecule has 1 heterocycles. The predicted molar refractivity (Wildman–Crippen MR) is 112 cm³/mol. The lowest BCUT2D eigenvalue weighted by Gasteiger charge is -2.37. The second kappa shape index (κ2) is 8.77. The van der Waals surface area contributed by atoms with Crippen molar-refractivity contribution in [3.05, 3.63) is 58.7 Å². The van der Waals surface area contributed by atoms with Gasteiger partial charge in [0.25, 0.3) is 0 Å². The highest BCUT2D eigenvalue weighted by molar-refractivity contribution is 5.48. The van der Waals surface area contributed by atoms with E-state index >= 15 is 0 Å². The van der Waals surface area contributed by atoms with Gasteiger partial charge < -0.3 is 14.7 Å². The Labute approximate surface area is 163 Å². The van der Waals surface area contributed by atoms with Gasteiger partial charge in [-0.1, -0.05) is 35.4 Å². The molecule has 0 spiro atoms. The third kappa shape index (κ3) is 5.24. The third-order valence-corrected chi connectivity index (χ3v) is 5.27. The molecule has 4 nitrogen and oxygen atoms in total. The number of hydrogen-bond acceptors (Lipinski definition) is 4. The van der Waals surface area contributed by atoms with Gasteiger partial charge in [0.15, 0.2) is 0 Å². The van der Waals surface area contributed by atoms with Crippen molar-refractivity contribution in [2.45, 2.75) is 33.8 Å². The Bertz CT molecular complexity index is 726. The molecule has 0 unspecified atom stereocenters. The summed E-state index contributed by atoms with van der Waals surface area (Å²) in [5.74, 6) is 0.906. The van der Waals surface area contributed by atoms with Crippen LogP contribution in [0.2, 0.25) is 0 Å². The predicted octanol–water partition coefficient (Wildman–Crippen LogP) is 3.48. The van der Waals surface area contributed by atoms with E-state index in [0.29, 0.717) is 13.2 Å². The van der Waals surface area contributed by atoms with Crippen LogP contribution in [-0.2, 0) is 0 Å². The van der Waals surface area contributed by atoms with Crippen molar-refractivity contribution < 1.29 is 9.84 Å². The first kappa shape index (κ1) is 19.7. The first-order valence-corrected chi connectivity index (χ1v) is 9.85. The molecule has 146 valence electrons. The van der Waals surface area contributed by atoms with E-state index in [4.69, 9.17) is 4.74 Å². The highest BCUT2D eigenvalue weighted by Gasteiger charge is 2.20. The number of β-amino-alcohol motifs (C(OH)–C–C–N with tert-alkyl or cyclic N) is 1. The molecule has 0 aliphatic carbocycles. The normalized spacial score (nSPS) is 16.4. The number of aliphatic hydroxyl groups is 1. The van der Waals surface area contributed by atoms with Gasteiger partial charge in [-0.2, -0.15) is 0 Å². The number of aryl methyl sites for hydroxylation is 4. The van der Waals surface area contributed by atoms with Gasteiger partial charge in [-0.15, -0.1) is 0 Å². The maximum Gasteiger partial charge on any atom is 0.125 e. The number of anilines is 1. The van der Waals surface area contributed by atoms with Gasteiger partial charge in [-0.3, -0.25) is 4.90 Å². The summed E-state index contributed by atoms with van der Waals surface area (Å²) in [5, 5.41) is 10.4. The molecule has 1 atom stereocenters. The highest BCUT2D eigenvalue weighted by atomic mass is 16.5. The van der Waals surface area contributed by atoms with Crippen LogP contribution in [0.25, 0.3) is 0 Å². The van der Waals surface area contributed by atoms with Gasteiger partial charge >= 0.3 is 0 Å². The van der Waals surface area contributed by atoms with Crippen molar-refractivity contribution in [2.75, 3.05) is 44.2 Å². The molecule has 0 radical (unpaired) electrons. The zero-order valence-corrected chi connectivity index (χ0v) is 17.0. The summed E-state index contributed by atoms with van der Waals surface area (Å²) in [6.07, 6.45) is -0.476. The Hall–Kier alpha value is -2.04. The smallest absolute Gasteiger partial charge is 0.125 e. The fraction of sp³-hybridized carbons (Fsp3) is 0.478. The molecule has 1 fully saturated rings. The van der Waals surface area contributed by atoms with Gasteiger partial charge in [-0.25, -0.2) is 0 Å². The molecular formula is C23H32N2O2. The number of nitrogens with zero attached hydrogens (tertiary/aromatic N) is 2. The minimum atomic E-state index is -0.476. The molecule has 0 bridgehead atoms. The van der Waals surface area contributed by atoms with Crippen molar-refractivity contribution in [3.8, 4) is 5.75 Å². The standard InChI is InChI=1S/C23H32N2O2/c1-17-5-7-21(8-6-17)25-11-9-24(10-12-25)15-22(26)16-27-23-19(3)13-18(2)14-20(23)4/h5-8,13-14,22,26H,9-12,15-16H2,1-4H3/t22-/m0/s1. The molecule has 3 rings (SSSR count). The Kier molecular flexibility index (Phi) is 6.40. The first-order chi connectivity index (χ1) is 12.9. The van der Waals surface area contributed by atoms with Crippen LogP contribution < -0.4 is 9.64 Å². The zero-order chi connectivity index (χ0) is 19.4. The summed E-state index contributed by atoms with van der Waals surface area (Å²) in [7, 11) is 0. The second-order valence-corrected chi connectivity index (χ2v) is 7.82. The minimum absolute atomic E-state index is 0.336. The van der Waals surface area contributed by atoms with Crippen LogP contribution in [0.5, 0.6) is 5.75 Å². The fourth-order valence-electron chi connectivity index (χ4n) is 3.87. The van der Waals surface area contributed by atoms with E-state index in [0.717, 1.165) is 43.1 Å². The van der Waals surface area contributed by atoms with Gasteiger partial charge in [0.05, 0.1) is 0 Å². The summed E-state index contributed by atoms with van der Waals surface area (Å²) < 4.78 is 5.94. The van der Waals surface area contributed by atoms with Gasteiger partial charge in [-0.05, 0) is 51.0 Å². The summed E-state index contributed by atoms with van der Waals surface area (Å²) in [5.41, 5.74) is 6.08. The van der Waals surface area contributed by atoms with E-state index in [9.17, 15) is 5.11 Å². The van der Waals surface area contributed by atoms with Crippen molar-refractivity contribution in [1.29, 1.82) is 0 Å². The second-order valence-electron chi connectivity index (χ2n) is 7.82. The summed E-state index contributed by atoms with van der Waals surface area (Å²) in [6, 6.07) is 13.0. The van der Waals surface area contributed by atoms with E-state index in [1.54, 1.807) is 0 Å². The molecule has 0 aromatic heterocycles. The molecular weight excluding hydrogens is 336 g/mol. The summed E-state index contributed by atoms with van der Waals surface area (Å²) in [6.45, 7) is 13.2. The van der Waals surface area contributed by atoms with Crippen LogP contribution >= 0.6 is 0 Å². The van der Waals surface area contributed by atoms with Gasteiger partial charge in [0.2, 0.25) is 0 Å². The van der Waals surface area contributed by atoms with Crippen molar-refractivity contribution in [1.82, 2.24) is 4.90 Å². The number of aliphatic hydroxyl groups excluding tert-OH is 1. The molecule has 4 heteroatoms. The molecule has 0 amide bonds. The minimum Gasteiger partial charge on any atom is -0.490 e. The molecule has 1 aliphatic heterocycles. The largest absolute Gasteiger partial charge is 0.490 e. The van der Waals surface area contributed by atoms with Crippen molar-refractivity contribution >= 4 is 5.69 Å². The van der Waals surface area contributed by atoms with E-state index < -0.39 is 6.10 Å². The zero-order valence-electron chi connectivity index (χ0n) is 17.0. The number of ether oxygens (including phenoxy) is 1. The Balaban J connectivity index is 1.46. The number of piperazine rings is 1. The van der Waals surface area contributed by atoms with Crippen molar-refractivity contribution in [2.24, 2.45) is 0 Å². The lowest BCUT2D eigenvalue weighted by atomic mass is 10.1. The van der Waals surface area contributed by atoms with E-state index in [2.05, 4.69) is 73.9 Å². The number of rotatable bonds is 6. The monoisotopic (exact) mass is 368 g/mol. The summed E-state index contributed by atoms with van der Waals surface area (Å²) >= 11 is 0. The van der Waals surface area contributed by atoms with E-state index in [-0.39, 0.29) is 0 Å². The van der Waals surface area contributed by atoms with Gasteiger partial charge in [0.1, 0.15) is 18.5 Å². The first-order valence-electron chi connectivity index (χ1n) is 9.85. The molecule has 1 aliphatic rings. The van der Waals surface area contributed by atoms with Crippen LogP contribution in [0, 0.1) is 27.7 Å². The number of benzene rings is 2. The average molecular weight is 369 g/mol. The Morgan fingerprint density at radius 1 is 0.889 bits per heavy atom. The molecule has 2 aromatic rings. The quantitative estimate of drug-likeness (QED) is 0.847.